The van der Waals surface area contributed by atoms with Gasteiger partial charge < -0.3 is 26.2 Å². The molecule has 1 aromatic carbocycles. The van der Waals surface area contributed by atoms with E-state index in [-0.39, 0.29) is 0 Å². The van der Waals surface area contributed by atoms with Gasteiger partial charge in [-0.2, -0.15) is 0 Å². The molecule has 1 rings (SSSR count). The van der Waals surface area contributed by atoms with E-state index in [2.05, 4.69) is 4.98 Å². The van der Waals surface area contributed by atoms with Crippen molar-refractivity contribution in [3.8, 4) is 23.0 Å². The molecule has 1 aromatic rings. The van der Waals surface area contributed by atoms with Gasteiger partial charge in [-0.15, -0.1) is 0 Å². The van der Waals surface area contributed by atoms with E-state index in [9.17, 15) is 0 Å². The van der Waals surface area contributed by atoms with E-state index in [1.54, 1.807) is 0 Å². The lowest BCUT2D eigenvalue weighted by Gasteiger charge is -2.02. The minimum atomic E-state index is -1.00. The van der Waals surface area contributed by atoms with Gasteiger partial charge in [0.05, 0.1) is 0 Å². The van der Waals surface area contributed by atoms with Crippen molar-refractivity contribution in [1.29, 1.82) is 5.39 Å². The van der Waals surface area contributed by atoms with Gasteiger partial charge in [-0.05, 0) is 0 Å². The predicted molar refractivity (Wildman–Crippen MR) is 42.3 cm³/mol. The number of diazo groups is 1. The third kappa shape index (κ3) is 1.01. The topological polar surface area (TPSA) is 135 Å². The van der Waals surface area contributed by atoms with Crippen LogP contribution in [-0.4, -0.2) is 20.4 Å². The summed E-state index contributed by atoms with van der Waals surface area (Å²) in [5.41, 5.74) is 3.99. The minimum absolute atomic E-state index is 0.532. The number of benzene rings is 1. The number of aromatic hydroxyl groups is 4. The Hall–Kier alpha value is -2.36. The molecule has 0 amide bonds. The lowest BCUT2D eigenvalue weighted by Crippen LogP contribution is -1.87. The maximum absolute atomic E-state index is 9.03. The van der Waals surface area contributed by atoms with Crippen molar-refractivity contribution in [3.63, 3.8) is 0 Å². The first-order chi connectivity index (χ1) is 6.00. The first-order valence-corrected chi connectivity index (χ1v) is 3.11. The van der Waals surface area contributed by atoms with Crippen LogP contribution in [0.1, 0.15) is 0 Å². The van der Waals surface area contributed by atoms with Crippen molar-refractivity contribution in [3.05, 3.63) is 4.98 Å². The number of rotatable bonds is 0. The van der Waals surface area contributed by atoms with Crippen molar-refractivity contribution >= 4 is 11.4 Å². The first kappa shape index (κ1) is 8.73. The smallest absolute Gasteiger partial charge is 0.456 e. The number of nitrogens with two attached hydrogens (primary N) is 1. The number of phenolic OH excluding ortho intramolecular Hbond substituents is 4. The van der Waals surface area contributed by atoms with Crippen LogP contribution >= 0.6 is 0 Å². The summed E-state index contributed by atoms with van der Waals surface area (Å²) in [4.78, 5) is 2.53. The normalized spacial score (nSPS) is 9.46. The van der Waals surface area contributed by atoms with Gasteiger partial charge in [-0.3, -0.25) is 0 Å². The van der Waals surface area contributed by atoms with E-state index in [1.165, 1.54) is 0 Å². The Morgan fingerprint density at radius 3 is 1.85 bits per heavy atom. The van der Waals surface area contributed by atoms with Crippen molar-refractivity contribution in [2.24, 2.45) is 0 Å². The number of anilines is 1. The number of hydrogen-bond acceptors (Lipinski definition) is 6. The van der Waals surface area contributed by atoms with Gasteiger partial charge in [0.2, 0.25) is 16.9 Å². The highest BCUT2D eigenvalue weighted by atomic mass is 16.3. The van der Waals surface area contributed by atoms with Crippen LogP contribution in [0.5, 0.6) is 23.0 Å². The van der Waals surface area contributed by atoms with E-state index < -0.39 is 34.4 Å². The van der Waals surface area contributed by atoms with Gasteiger partial charge in [0.15, 0.2) is 16.4 Å². The Morgan fingerprint density at radius 2 is 1.38 bits per heavy atom. The van der Waals surface area contributed by atoms with Crippen molar-refractivity contribution in [2.45, 2.75) is 0 Å². The predicted octanol–water partition coefficient (Wildman–Crippen LogP) is 0.576. The number of nitrogens with zero attached hydrogens (tertiary/aromatic N) is 2. The zero-order chi connectivity index (χ0) is 10.2. The summed E-state index contributed by atoms with van der Waals surface area (Å²) in [7, 11) is 0. The lowest BCUT2D eigenvalue weighted by molar-refractivity contribution is 0.348. The summed E-state index contributed by atoms with van der Waals surface area (Å²) in [6, 6.07) is 0. The summed E-state index contributed by atoms with van der Waals surface area (Å²) < 4.78 is 0. The average Bonchev–Trinajstić information content (AvgIpc) is 2.13. The van der Waals surface area contributed by atoms with Crippen LogP contribution in [0, 0.1) is 5.39 Å². The minimum Gasteiger partial charge on any atom is -0.503 e. The van der Waals surface area contributed by atoms with E-state index in [0.29, 0.717) is 0 Å². The second-order valence-corrected chi connectivity index (χ2v) is 2.26. The molecule has 0 unspecified atom stereocenters. The lowest BCUT2D eigenvalue weighted by atomic mass is 10.2. The molecular weight excluding hydrogens is 178 g/mol. The van der Waals surface area contributed by atoms with Crippen LogP contribution in [0.3, 0.4) is 0 Å². The van der Waals surface area contributed by atoms with Gasteiger partial charge in [-0.25, -0.2) is 0 Å². The van der Waals surface area contributed by atoms with Crippen LogP contribution in [-0.2, 0) is 0 Å². The Balaban J connectivity index is 3.69. The number of phenols is 4. The molecule has 0 radical (unpaired) electrons. The van der Waals surface area contributed by atoms with Gasteiger partial charge in [0, 0.05) is 0 Å². The fourth-order valence-corrected chi connectivity index (χ4v) is 0.805. The molecule has 0 fully saturated rings. The summed E-state index contributed by atoms with van der Waals surface area (Å²) in [5.74, 6) is -3.74. The molecule has 7 heteroatoms. The molecule has 0 bridgehead atoms. The van der Waals surface area contributed by atoms with Gasteiger partial charge >= 0.3 is 5.69 Å². The Bertz CT molecular complexity index is 380. The molecule has 0 saturated heterocycles. The zero-order valence-electron chi connectivity index (χ0n) is 6.26. The second kappa shape index (κ2) is 2.60. The Labute approximate surface area is 71.9 Å². The van der Waals surface area contributed by atoms with Gasteiger partial charge in [0.25, 0.3) is 5.75 Å². The molecule has 6 N–H and O–H groups in total. The molecule has 0 aliphatic heterocycles. The second-order valence-electron chi connectivity index (χ2n) is 2.26. The highest BCUT2D eigenvalue weighted by Crippen LogP contribution is 2.52. The largest absolute Gasteiger partial charge is 0.503 e. The molecule has 0 saturated carbocycles. The standard InChI is InChI=1S/C6H5N3O4/c7-1-2(9-8)4(11)6(13)5(12)3(1)10/h(H5,7,8,9,10,11,12,13)/p+1. The van der Waals surface area contributed by atoms with Crippen LogP contribution in [0.4, 0.5) is 11.4 Å². The maximum Gasteiger partial charge on any atom is 0.456 e. The molecular formula is C6H6N3O4+. The molecule has 68 valence electrons. The zero-order valence-corrected chi connectivity index (χ0v) is 6.26. The summed E-state index contributed by atoms with van der Waals surface area (Å²) in [6.45, 7) is 0. The fraction of sp³-hybridized carbons (Fsp3) is 0. The van der Waals surface area contributed by atoms with Crippen molar-refractivity contribution < 1.29 is 20.4 Å². The van der Waals surface area contributed by atoms with Crippen LogP contribution in [0.25, 0.3) is 4.98 Å². The molecule has 0 atom stereocenters. The SMILES string of the molecule is N#[N+]c1c(N)c(O)c(O)c(O)c1O. The monoisotopic (exact) mass is 184 g/mol. The van der Waals surface area contributed by atoms with E-state index in [0.717, 1.165) is 0 Å². The molecule has 0 aromatic heterocycles. The quantitative estimate of drug-likeness (QED) is 0.173. The van der Waals surface area contributed by atoms with Crippen molar-refractivity contribution in [1.82, 2.24) is 0 Å². The van der Waals surface area contributed by atoms with Crippen molar-refractivity contribution in [2.75, 3.05) is 5.73 Å². The first-order valence-electron chi connectivity index (χ1n) is 3.11. The number of hydrogen-bond donors (Lipinski definition) is 5. The molecule has 13 heavy (non-hydrogen) atoms. The molecule has 7 nitrogen and oxygen atoms in total. The molecule has 0 spiro atoms. The Kier molecular flexibility index (Phi) is 1.75. The van der Waals surface area contributed by atoms with Crippen LogP contribution in [0.15, 0.2) is 0 Å². The van der Waals surface area contributed by atoms with Gasteiger partial charge in [-0.1, -0.05) is 0 Å². The summed E-state index contributed by atoms with van der Waals surface area (Å²) in [6.07, 6.45) is 0. The van der Waals surface area contributed by atoms with E-state index in [4.69, 9.17) is 31.6 Å². The summed E-state index contributed by atoms with van der Waals surface area (Å²) in [5, 5.41) is 44.2. The average molecular weight is 184 g/mol. The third-order valence-electron chi connectivity index (χ3n) is 1.51. The molecule has 0 aliphatic carbocycles. The van der Waals surface area contributed by atoms with Crippen LogP contribution in [0.2, 0.25) is 0 Å². The van der Waals surface area contributed by atoms with E-state index in [1.807, 2.05) is 0 Å². The number of nitrogen functional groups attached to an aromatic ring is 1. The maximum atomic E-state index is 9.03. The van der Waals surface area contributed by atoms with Gasteiger partial charge in [0.1, 0.15) is 0 Å². The highest BCUT2D eigenvalue weighted by molar-refractivity contribution is 5.86. The van der Waals surface area contributed by atoms with Crippen LogP contribution < -0.4 is 5.73 Å². The highest BCUT2D eigenvalue weighted by Gasteiger charge is 2.30. The molecule has 0 heterocycles. The third-order valence-corrected chi connectivity index (χ3v) is 1.51. The summed E-state index contributed by atoms with van der Waals surface area (Å²) >= 11 is 0. The Morgan fingerprint density at radius 1 is 0.923 bits per heavy atom. The molecule has 0 aliphatic rings. The van der Waals surface area contributed by atoms with E-state index >= 15 is 0 Å². The fourth-order valence-electron chi connectivity index (χ4n) is 0.805.